The van der Waals surface area contributed by atoms with E-state index >= 15 is 0 Å². The molecule has 11 heteroatoms. The Labute approximate surface area is 213 Å². The number of piperidine rings is 1. The van der Waals surface area contributed by atoms with E-state index in [1.165, 1.54) is 12.1 Å². The van der Waals surface area contributed by atoms with Crippen LogP contribution in [0.3, 0.4) is 0 Å². The van der Waals surface area contributed by atoms with E-state index in [4.69, 9.17) is 11.5 Å². The summed E-state index contributed by atoms with van der Waals surface area (Å²) in [5.41, 5.74) is 11.8. The van der Waals surface area contributed by atoms with Crippen LogP contribution in [-0.4, -0.2) is 53.8 Å². The Balaban J connectivity index is 1.66. The zero-order valence-corrected chi connectivity index (χ0v) is 20.3. The molecule has 0 aliphatic carbocycles. The fraction of sp³-hybridized carbons (Fsp3) is 0.423. The molecule has 2 aromatic rings. The summed E-state index contributed by atoms with van der Waals surface area (Å²) in [4.78, 5) is 40.0. The topological polar surface area (TPSA) is 131 Å². The molecular formula is C26H32F3N5O3. The van der Waals surface area contributed by atoms with Gasteiger partial charge in [0.1, 0.15) is 6.04 Å². The number of likely N-dealkylation sites (tertiary alicyclic amines) is 1. The molecule has 0 spiro atoms. The number of carbonyl (C=O) groups is 3. The number of halogens is 3. The van der Waals surface area contributed by atoms with Crippen LogP contribution in [0, 0.1) is 0 Å². The average molecular weight is 520 g/mol. The van der Waals surface area contributed by atoms with Gasteiger partial charge in [0.2, 0.25) is 17.7 Å². The van der Waals surface area contributed by atoms with Gasteiger partial charge >= 0.3 is 6.18 Å². The van der Waals surface area contributed by atoms with Crippen LogP contribution in [0.2, 0.25) is 0 Å². The quantitative estimate of drug-likeness (QED) is 0.404. The van der Waals surface area contributed by atoms with Crippen LogP contribution >= 0.6 is 0 Å². The number of amides is 3. The highest BCUT2D eigenvalue weighted by atomic mass is 19.4. The molecule has 200 valence electrons. The molecule has 1 unspecified atom stereocenters. The van der Waals surface area contributed by atoms with Crippen LogP contribution < -0.4 is 22.1 Å². The van der Waals surface area contributed by atoms with Gasteiger partial charge < -0.3 is 27.0 Å². The normalized spacial score (nSPS) is 16.1. The van der Waals surface area contributed by atoms with E-state index in [0.717, 1.165) is 17.7 Å². The molecular weight excluding hydrogens is 487 g/mol. The second-order valence-electron chi connectivity index (χ2n) is 9.18. The Morgan fingerprint density at radius 1 is 1.00 bits per heavy atom. The summed E-state index contributed by atoms with van der Waals surface area (Å²) >= 11 is 0. The van der Waals surface area contributed by atoms with Gasteiger partial charge in [-0.2, -0.15) is 13.2 Å². The van der Waals surface area contributed by atoms with E-state index < -0.39 is 35.6 Å². The van der Waals surface area contributed by atoms with Gasteiger partial charge in [-0.15, -0.1) is 0 Å². The molecule has 0 aromatic heterocycles. The number of nitrogens with zero attached hydrogens (tertiary/aromatic N) is 1. The van der Waals surface area contributed by atoms with Crippen molar-refractivity contribution in [2.24, 2.45) is 11.5 Å². The molecule has 1 fully saturated rings. The number of anilines is 1. The number of rotatable bonds is 9. The summed E-state index contributed by atoms with van der Waals surface area (Å²) in [5.74, 6) is -1.66. The first-order chi connectivity index (χ1) is 17.5. The Hall–Kier alpha value is -3.44. The van der Waals surface area contributed by atoms with Crippen LogP contribution in [-0.2, 0) is 27.0 Å². The lowest BCUT2D eigenvalue weighted by molar-refractivity contribution is -0.137. The number of carbonyl (C=O) groups excluding carboxylic acids is 3. The lowest BCUT2D eigenvalue weighted by Crippen LogP contribution is -2.52. The monoisotopic (exact) mass is 519 g/mol. The summed E-state index contributed by atoms with van der Waals surface area (Å²) in [6.45, 7) is 0.987. The minimum absolute atomic E-state index is 0.0433. The fourth-order valence-electron chi connectivity index (χ4n) is 4.06. The number of nitrogens with two attached hydrogens (primary N) is 2. The number of hydrogen-bond donors (Lipinski definition) is 4. The Morgan fingerprint density at radius 2 is 1.68 bits per heavy atom. The largest absolute Gasteiger partial charge is 0.416 e. The predicted octanol–water partition coefficient (Wildman–Crippen LogP) is 2.43. The minimum atomic E-state index is -4.57. The van der Waals surface area contributed by atoms with Crippen LogP contribution in [0.25, 0.3) is 0 Å². The van der Waals surface area contributed by atoms with Crippen molar-refractivity contribution in [3.8, 4) is 0 Å². The predicted molar refractivity (Wildman–Crippen MR) is 133 cm³/mol. The number of nitrogens with one attached hydrogen (secondary N) is 2. The Morgan fingerprint density at radius 3 is 2.32 bits per heavy atom. The maximum Gasteiger partial charge on any atom is 0.416 e. The first-order valence-corrected chi connectivity index (χ1v) is 12.1. The average Bonchev–Trinajstić information content (AvgIpc) is 2.87. The van der Waals surface area contributed by atoms with Gasteiger partial charge in [-0.1, -0.05) is 36.4 Å². The van der Waals surface area contributed by atoms with Gasteiger partial charge in [-0.3, -0.25) is 14.4 Å². The highest BCUT2D eigenvalue weighted by Crippen LogP contribution is 2.30. The van der Waals surface area contributed by atoms with Crippen LogP contribution in [0.4, 0.5) is 18.9 Å². The van der Waals surface area contributed by atoms with Gasteiger partial charge in [0.05, 0.1) is 18.0 Å². The smallest absolute Gasteiger partial charge is 0.343 e. The van der Waals surface area contributed by atoms with E-state index in [9.17, 15) is 27.6 Å². The molecule has 0 radical (unpaired) electrons. The second-order valence-corrected chi connectivity index (χ2v) is 9.18. The molecule has 1 aliphatic heterocycles. The van der Waals surface area contributed by atoms with Gasteiger partial charge in [0.25, 0.3) is 0 Å². The Kier molecular flexibility index (Phi) is 9.65. The summed E-state index contributed by atoms with van der Waals surface area (Å²) in [5, 5.41) is 5.03. The van der Waals surface area contributed by atoms with E-state index in [1.54, 1.807) is 4.90 Å². The van der Waals surface area contributed by atoms with Gasteiger partial charge in [-0.05, 0) is 49.4 Å². The van der Waals surface area contributed by atoms with Crippen molar-refractivity contribution in [1.82, 2.24) is 10.2 Å². The first-order valence-electron chi connectivity index (χ1n) is 12.1. The van der Waals surface area contributed by atoms with E-state index in [2.05, 4.69) is 10.6 Å². The highest BCUT2D eigenvalue weighted by molar-refractivity contribution is 5.98. The molecule has 6 N–H and O–H groups in total. The van der Waals surface area contributed by atoms with Crippen molar-refractivity contribution in [3.63, 3.8) is 0 Å². The summed E-state index contributed by atoms with van der Waals surface area (Å²) < 4.78 is 39.2. The molecule has 3 amide bonds. The number of aryl methyl sites for hydroxylation is 1. The van der Waals surface area contributed by atoms with Gasteiger partial charge in [-0.25, -0.2) is 0 Å². The first kappa shape index (κ1) is 28.1. The molecule has 1 heterocycles. The van der Waals surface area contributed by atoms with Crippen molar-refractivity contribution in [1.29, 1.82) is 0 Å². The van der Waals surface area contributed by atoms with Crippen LogP contribution in [0.5, 0.6) is 0 Å². The Bertz CT molecular complexity index is 1070. The molecule has 3 rings (SSSR count). The standard InChI is InChI=1S/C26H32F3N5O3/c27-26(28,29)18-7-4-8-20(15-18)32-25(37)22(10-9-17-5-2-1-3-6-17)33-24(36)21(31)16-23(35)34-13-11-19(30)12-14-34/h1-8,15,19,21-22H,9-14,16,30-31H2,(H,32,37)(H,33,36)/t21-,22?/m0/s1. The van der Waals surface area contributed by atoms with Crippen LogP contribution in [0.1, 0.15) is 36.8 Å². The summed E-state index contributed by atoms with van der Waals surface area (Å²) in [6.07, 6.45) is -2.87. The maximum atomic E-state index is 13.1. The second kappa shape index (κ2) is 12.7. The van der Waals surface area contributed by atoms with E-state index in [-0.39, 0.29) is 30.5 Å². The minimum Gasteiger partial charge on any atom is -0.343 e. The molecule has 37 heavy (non-hydrogen) atoms. The highest BCUT2D eigenvalue weighted by Gasteiger charge is 2.31. The molecule has 2 aromatic carbocycles. The third-order valence-electron chi connectivity index (χ3n) is 6.28. The number of benzene rings is 2. The molecule has 8 nitrogen and oxygen atoms in total. The maximum absolute atomic E-state index is 13.1. The fourth-order valence-corrected chi connectivity index (χ4v) is 4.06. The van der Waals surface area contributed by atoms with E-state index in [1.807, 2.05) is 30.3 Å². The third kappa shape index (κ3) is 8.57. The number of alkyl halides is 3. The molecule has 2 atom stereocenters. The van der Waals surface area contributed by atoms with Gasteiger partial charge in [0.15, 0.2) is 0 Å². The van der Waals surface area contributed by atoms with Gasteiger partial charge in [0, 0.05) is 24.8 Å². The number of hydrogen-bond acceptors (Lipinski definition) is 5. The van der Waals surface area contributed by atoms with E-state index in [0.29, 0.717) is 32.4 Å². The van der Waals surface area contributed by atoms with Crippen molar-refractivity contribution in [3.05, 3.63) is 65.7 Å². The lowest BCUT2D eigenvalue weighted by atomic mass is 10.0. The molecule has 0 bridgehead atoms. The van der Waals surface area contributed by atoms with Crippen molar-refractivity contribution in [2.75, 3.05) is 18.4 Å². The lowest BCUT2D eigenvalue weighted by Gasteiger charge is -2.31. The summed E-state index contributed by atoms with van der Waals surface area (Å²) in [7, 11) is 0. The molecule has 1 aliphatic rings. The molecule has 0 saturated carbocycles. The summed E-state index contributed by atoms with van der Waals surface area (Å²) in [6, 6.07) is 11.2. The zero-order valence-electron chi connectivity index (χ0n) is 20.3. The third-order valence-corrected chi connectivity index (χ3v) is 6.28. The van der Waals surface area contributed by atoms with Crippen molar-refractivity contribution < 1.29 is 27.6 Å². The molecule has 1 saturated heterocycles. The SMILES string of the molecule is NC1CCN(C(=O)C[C@H](N)C(=O)NC(CCc2ccccc2)C(=O)Nc2cccc(C(F)(F)F)c2)CC1. The van der Waals surface area contributed by atoms with Crippen LogP contribution in [0.15, 0.2) is 54.6 Å². The van der Waals surface area contributed by atoms with Crippen molar-refractivity contribution >= 4 is 23.4 Å². The zero-order chi connectivity index (χ0) is 27.0. The van der Waals surface area contributed by atoms with Crippen molar-refractivity contribution in [2.45, 2.75) is 56.4 Å².